The molecule has 0 bridgehead atoms. The molecule has 0 fully saturated rings. The second-order valence-corrected chi connectivity index (χ2v) is 8.02. The van der Waals surface area contributed by atoms with Crippen LogP contribution in [0.25, 0.3) is 0 Å². The zero-order valence-corrected chi connectivity index (χ0v) is 16.5. The standard InChI is InChI=1S/C18H39N3O2/c1-14(2)16(13-20-17(22)23-18(5,6)7)12-19-10-9-11-21(8)15(3)4/h14-16,19H,9-13H2,1-8H3,(H,20,22). The Morgan fingerprint density at radius 2 is 1.74 bits per heavy atom. The van der Waals surface area contributed by atoms with Crippen molar-refractivity contribution in [3.05, 3.63) is 0 Å². The van der Waals surface area contributed by atoms with Gasteiger partial charge in [-0.05, 0) is 79.6 Å². The summed E-state index contributed by atoms with van der Waals surface area (Å²) in [6, 6.07) is 0.594. The monoisotopic (exact) mass is 329 g/mol. The number of alkyl carbamates (subject to hydrolysis) is 1. The minimum absolute atomic E-state index is 0.332. The lowest BCUT2D eigenvalue weighted by molar-refractivity contribution is 0.0515. The van der Waals surface area contributed by atoms with Gasteiger partial charge >= 0.3 is 6.09 Å². The van der Waals surface area contributed by atoms with Crippen LogP contribution in [-0.4, -0.2) is 55.9 Å². The number of nitrogens with zero attached hydrogens (tertiary/aromatic N) is 1. The summed E-state index contributed by atoms with van der Waals surface area (Å²) in [5, 5.41) is 6.40. The summed E-state index contributed by atoms with van der Waals surface area (Å²) >= 11 is 0. The van der Waals surface area contributed by atoms with E-state index in [4.69, 9.17) is 4.74 Å². The molecule has 0 aliphatic heterocycles. The summed E-state index contributed by atoms with van der Waals surface area (Å²) in [4.78, 5) is 14.1. The molecule has 0 saturated heterocycles. The van der Waals surface area contributed by atoms with Gasteiger partial charge in [-0.15, -0.1) is 0 Å². The third-order valence-electron chi connectivity index (χ3n) is 4.00. The van der Waals surface area contributed by atoms with Gasteiger partial charge in [0.05, 0.1) is 0 Å². The third-order valence-corrected chi connectivity index (χ3v) is 4.00. The van der Waals surface area contributed by atoms with Gasteiger partial charge in [-0.1, -0.05) is 13.8 Å². The van der Waals surface area contributed by atoms with Gasteiger partial charge in [0.15, 0.2) is 0 Å². The van der Waals surface area contributed by atoms with E-state index in [1.165, 1.54) is 0 Å². The zero-order valence-electron chi connectivity index (χ0n) is 16.5. The molecule has 1 atom stereocenters. The molecule has 0 aromatic heterocycles. The molecule has 0 heterocycles. The first kappa shape index (κ1) is 22.2. The first-order valence-corrected chi connectivity index (χ1v) is 8.90. The smallest absolute Gasteiger partial charge is 0.407 e. The third kappa shape index (κ3) is 12.3. The van der Waals surface area contributed by atoms with Crippen molar-refractivity contribution in [3.8, 4) is 0 Å². The van der Waals surface area contributed by atoms with Crippen LogP contribution in [0, 0.1) is 11.8 Å². The molecule has 5 heteroatoms. The summed E-state index contributed by atoms with van der Waals surface area (Å²) in [5.74, 6) is 0.918. The predicted octanol–water partition coefficient (Wildman–Crippen LogP) is 3.10. The van der Waals surface area contributed by atoms with E-state index < -0.39 is 5.60 Å². The fraction of sp³-hybridized carbons (Fsp3) is 0.944. The Kier molecular flexibility index (Phi) is 10.5. The van der Waals surface area contributed by atoms with Crippen LogP contribution in [0.15, 0.2) is 0 Å². The quantitative estimate of drug-likeness (QED) is 0.605. The zero-order chi connectivity index (χ0) is 18.0. The second-order valence-electron chi connectivity index (χ2n) is 8.02. The van der Waals surface area contributed by atoms with Crippen LogP contribution in [0.4, 0.5) is 4.79 Å². The molecule has 1 unspecified atom stereocenters. The first-order chi connectivity index (χ1) is 10.5. The average Bonchev–Trinajstić information content (AvgIpc) is 2.38. The van der Waals surface area contributed by atoms with Crippen molar-refractivity contribution in [1.82, 2.24) is 15.5 Å². The van der Waals surface area contributed by atoms with Gasteiger partial charge in [0.1, 0.15) is 5.60 Å². The van der Waals surface area contributed by atoms with Gasteiger partial charge < -0.3 is 20.3 Å². The van der Waals surface area contributed by atoms with E-state index in [0.29, 0.717) is 24.4 Å². The average molecular weight is 330 g/mol. The molecule has 5 nitrogen and oxygen atoms in total. The molecule has 23 heavy (non-hydrogen) atoms. The highest BCUT2D eigenvalue weighted by Gasteiger charge is 2.18. The molecule has 0 spiro atoms. The van der Waals surface area contributed by atoms with Crippen molar-refractivity contribution >= 4 is 6.09 Å². The number of carbonyl (C=O) groups excluding carboxylic acids is 1. The SMILES string of the molecule is CC(C)C(CNCCCN(C)C(C)C)CNC(=O)OC(C)(C)C. The number of amides is 1. The molecule has 0 saturated carbocycles. The predicted molar refractivity (Wildman–Crippen MR) is 97.8 cm³/mol. The van der Waals surface area contributed by atoms with Crippen LogP contribution in [0.5, 0.6) is 0 Å². The Morgan fingerprint density at radius 3 is 2.22 bits per heavy atom. The lowest BCUT2D eigenvalue weighted by Gasteiger charge is -2.25. The number of ether oxygens (including phenoxy) is 1. The Hall–Kier alpha value is -0.810. The largest absolute Gasteiger partial charge is 0.444 e. The molecule has 138 valence electrons. The first-order valence-electron chi connectivity index (χ1n) is 8.90. The summed E-state index contributed by atoms with van der Waals surface area (Å²) in [6.45, 7) is 18.1. The summed E-state index contributed by atoms with van der Waals surface area (Å²) in [6.07, 6.45) is 0.806. The van der Waals surface area contributed by atoms with Crippen molar-refractivity contribution < 1.29 is 9.53 Å². The number of hydrogen-bond donors (Lipinski definition) is 2. The normalized spacial score (nSPS) is 13.7. The molecule has 0 aromatic carbocycles. The van der Waals surface area contributed by atoms with Gasteiger partial charge in [-0.3, -0.25) is 0 Å². The minimum atomic E-state index is -0.446. The highest BCUT2D eigenvalue weighted by molar-refractivity contribution is 5.67. The van der Waals surface area contributed by atoms with Crippen LogP contribution in [0.2, 0.25) is 0 Å². The molecular formula is C18H39N3O2. The Morgan fingerprint density at radius 1 is 1.13 bits per heavy atom. The molecule has 0 aromatic rings. The molecule has 0 radical (unpaired) electrons. The lowest BCUT2D eigenvalue weighted by atomic mass is 9.96. The number of hydrogen-bond acceptors (Lipinski definition) is 4. The van der Waals surface area contributed by atoms with Crippen LogP contribution >= 0.6 is 0 Å². The summed E-state index contributed by atoms with van der Waals surface area (Å²) in [7, 11) is 2.16. The highest BCUT2D eigenvalue weighted by atomic mass is 16.6. The van der Waals surface area contributed by atoms with Crippen molar-refractivity contribution in [2.24, 2.45) is 11.8 Å². The fourth-order valence-corrected chi connectivity index (χ4v) is 2.07. The van der Waals surface area contributed by atoms with Crippen LogP contribution in [0.1, 0.15) is 54.9 Å². The topological polar surface area (TPSA) is 53.6 Å². The maximum atomic E-state index is 11.7. The van der Waals surface area contributed by atoms with Gasteiger partial charge in [0.25, 0.3) is 0 Å². The van der Waals surface area contributed by atoms with Crippen molar-refractivity contribution in [2.75, 3.05) is 33.2 Å². The van der Waals surface area contributed by atoms with Crippen LogP contribution in [0.3, 0.4) is 0 Å². The Labute approximate surface area is 143 Å². The molecule has 1 amide bonds. The van der Waals surface area contributed by atoms with Crippen molar-refractivity contribution in [2.45, 2.75) is 66.5 Å². The van der Waals surface area contributed by atoms with Gasteiger partial charge in [-0.2, -0.15) is 0 Å². The summed E-state index contributed by atoms with van der Waals surface area (Å²) in [5.41, 5.74) is -0.446. The fourth-order valence-electron chi connectivity index (χ4n) is 2.07. The van der Waals surface area contributed by atoms with Gasteiger partial charge in [-0.25, -0.2) is 4.79 Å². The second kappa shape index (κ2) is 10.9. The van der Waals surface area contributed by atoms with E-state index in [1.54, 1.807) is 0 Å². The van der Waals surface area contributed by atoms with E-state index in [2.05, 4.69) is 50.3 Å². The minimum Gasteiger partial charge on any atom is -0.444 e. The molecule has 0 aliphatic carbocycles. The van der Waals surface area contributed by atoms with E-state index in [9.17, 15) is 4.79 Å². The molecular weight excluding hydrogens is 290 g/mol. The number of nitrogens with one attached hydrogen (secondary N) is 2. The Bertz CT molecular complexity index is 325. The molecule has 0 aliphatic rings. The summed E-state index contributed by atoms with van der Waals surface area (Å²) < 4.78 is 5.28. The van der Waals surface area contributed by atoms with Crippen LogP contribution < -0.4 is 10.6 Å². The molecule has 0 rings (SSSR count). The van der Waals surface area contributed by atoms with Crippen molar-refractivity contribution in [1.29, 1.82) is 0 Å². The maximum Gasteiger partial charge on any atom is 0.407 e. The van der Waals surface area contributed by atoms with E-state index >= 15 is 0 Å². The Balaban J connectivity index is 3.98. The van der Waals surface area contributed by atoms with E-state index in [-0.39, 0.29) is 6.09 Å². The van der Waals surface area contributed by atoms with E-state index in [1.807, 2.05) is 20.8 Å². The highest BCUT2D eigenvalue weighted by Crippen LogP contribution is 2.10. The maximum absolute atomic E-state index is 11.7. The van der Waals surface area contributed by atoms with Gasteiger partial charge in [0.2, 0.25) is 0 Å². The van der Waals surface area contributed by atoms with E-state index in [0.717, 1.165) is 26.1 Å². The number of carbonyl (C=O) groups is 1. The number of rotatable bonds is 10. The van der Waals surface area contributed by atoms with Gasteiger partial charge in [0, 0.05) is 12.6 Å². The lowest BCUT2D eigenvalue weighted by Crippen LogP contribution is -2.40. The van der Waals surface area contributed by atoms with Crippen molar-refractivity contribution in [3.63, 3.8) is 0 Å². The molecule has 2 N–H and O–H groups in total. The van der Waals surface area contributed by atoms with Crippen LogP contribution in [-0.2, 0) is 4.74 Å².